The van der Waals surface area contributed by atoms with Crippen molar-refractivity contribution >= 4 is 0 Å². The molecule has 0 aromatic rings. The summed E-state index contributed by atoms with van der Waals surface area (Å²) < 4.78 is 0. The molecule has 5 N–H and O–H groups in total. The van der Waals surface area contributed by atoms with Gasteiger partial charge in [0.2, 0.25) is 0 Å². The summed E-state index contributed by atoms with van der Waals surface area (Å²) in [6, 6.07) is 0. The molecule has 0 saturated heterocycles. The molecule has 0 atom stereocenters. The first-order valence-electron chi connectivity index (χ1n) is 3.33. The predicted octanol–water partition coefficient (Wildman–Crippen LogP) is 0.0770. The van der Waals surface area contributed by atoms with E-state index in [0.717, 1.165) is 5.57 Å². The van der Waals surface area contributed by atoms with Crippen molar-refractivity contribution in [2.24, 2.45) is 11.5 Å². The molecule has 0 radical (unpaired) electrons. The minimum absolute atomic E-state index is 0.452. The summed E-state index contributed by atoms with van der Waals surface area (Å²) in [5.41, 5.74) is 12.5. The van der Waals surface area contributed by atoms with Crippen LogP contribution in [0.4, 0.5) is 0 Å². The van der Waals surface area contributed by atoms with E-state index < -0.39 is 0 Å². The fourth-order valence-corrected chi connectivity index (χ4v) is 0.673. The minimum atomic E-state index is 0.452. The Labute approximate surface area is 67.5 Å². The maximum absolute atomic E-state index is 5.45. The van der Waals surface area contributed by atoms with Crippen LogP contribution in [0.25, 0.3) is 0 Å². The molecule has 0 heterocycles. The molecule has 0 fully saturated rings. The third kappa shape index (κ3) is 3.47. The van der Waals surface area contributed by atoms with Gasteiger partial charge < -0.3 is 16.8 Å². The third-order valence-electron chi connectivity index (χ3n) is 1.20. The van der Waals surface area contributed by atoms with Crippen LogP contribution < -0.4 is 16.8 Å². The van der Waals surface area contributed by atoms with E-state index in [4.69, 9.17) is 11.5 Å². The Morgan fingerprint density at radius 1 is 1.36 bits per heavy atom. The van der Waals surface area contributed by atoms with Gasteiger partial charge in [0.25, 0.3) is 0 Å². The van der Waals surface area contributed by atoms with Gasteiger partial charge in [0, 0.05) is 23.5 Å². The molecule has 3 nitrogen and oxygen atoms in total. The minimum Gasteiger partial charge on any atom is -0.399 e. The smallest absolute Gasteiger partial charge is 0.0332 e. The molecule has 0 spiro atoms. The average molecular weight is 153 g/mol. The fourth-order valence-electron chi connectivity index (χ4n) is 0.673. The molecule has 0 aliphatic heterocycles. The maximum Gasteiger partial charge on any atom is 0.0332 e. The summed E-state index contributed by atoms with van der Waals surface area (Å²) >= 11 is 0. The van der Waals surface area contributed by atoms with Crippen LogP contribution in [0.3, 0.4) is 0 Å². The lowest BCUT2D eigenvalue weighted by atomic mass is 10.1. The molecule has 0 saturated carbocycles. The largest absolute Gasteiger partial charge is 0.399 e. The van der Waals surface area contributed by atoms with Crippen LogP contribution in [0.15, 0.2) is 36.2 Å². The highest BCUT2D eigenvalue weighted by Crippen LogP contribution is 2.06. The quantitative estimate of drug-likeness (QED) is 0.501. The monoisotopic (exact) mass is 153 g/mol. The van der Waals surface area contributed by atoms with E-state index in [9.17, 15) is 0 Å². The van der Waals surface area contributed by atoms with Crippen molar-refractivity contribution < 1.29 is 0 Å². The van der Waals surface area contributed by atoms with Crippen LogP contribution in [0.2, 0.25) is 0 Å². The number of likely N-dealkylation sites (N-methyl/N-ethyl adjacent to an activating group) is 1. The van der Waals surface area contributed by atoms with E-state index in [0.29, 0.717) is 17.9 Å². The number of nitrogens with one attached hydrogen (secondary N) is 1. The Morgan fingerprint density at radius 3 is 2.09 bits per heavy atom. The standard InChI is InChI=1S/C8H15N3/c1-6(9)8(7(2)10)4-5-11-3/h4,11H,1-2,5,9-10H2,3H3. The van der Waals surface area contributed by atoms with Crippen LogP contribution in [-0.2, 0) is 0 Å². The average Bonchev–Trinajstić information content (AvgIpc) is 1.87. The van der Waals surface area contributed by atoms with E-state index in [2.05, 4.69) is 18.5 Å². The molecule has 0 aliphatic carbocycles. The second-order valence-corrected chi connectivity index (χ2v) is 2.23. The Morgan fingerprint density at radius 2 is 1.82 bits per heavy atom. The van der Waals surface area contributed by atoms with Crippen molar-refractivity contribution in [1.82, 2.24) is 5.32 Å². The lowest BCUT2D eigenvalue weighted by Gasteiger charge is -2.04. The van der Waals surface area contributed by atoms with Crippen LogP contribution in [-0.4, -0.2) is 13.6 Å². The van der Waals surface area contributed by atoms with Gasteiger partial charge >= 0.3 is 0 Å². The third-order valence-corrected chi connectivity index (χ3v) is 1.20. The molecular weight excluding hydrogens is 138 g/mol. The normalized spacial score (nSPS) is 8.82. The van der Waals surface area contributed by atoms with E-state index in [1.807, 2.05) is 13.1 Å². The van der Waals surface area contributed by atoms with Crippen molar-refractivity contribution in [1.29, 1.82) is 0 Å². The summed E-state index contributed by atoms with van der Waals surface area (Å²) in [6.07, 6.45) is 1.85. The lowest BCUT2D eigenvalue weighted by Crippen LogP contribution is -2.11. The Balaban J connectivity index is 4.33. The topological polar surface area (TPSA) is 64.1 Å². The van der Waals surface area contributed by atoms with Gasteiger partial charge in [-0.2, -0.15) is 0 Å². The number of hydrogen-bond donors (Lipinski definition) is 3. The number of rotatable bonds is 4. The first-order chi connectivity index (χ1) is 5.09. The highest BCUT2D eigenvalue weighted by molar-refractivity contribution is 5.40. The van der Waals surface area contributed by atoms with Crippen LogP contribution >= 0.6 is 0 Å². The van der Waals surface area contributed by atoms with Gasteiger partial charge in [-0.3, -0.25) is 0 Å². The summed E-state index contributed by atoms with van der Waals surface area (Å²) in [5.74, 6) is 0. The summed E-state index contributed by atoms with van der Waals surface area (Å²) in [6.45, 7) is 7.85. The highest BCUT2D eigenvalue weighted by atomic mass is 14.8. The van der Waals surface area contributed by atoms with E-state index in [-0.39, 0.29) is 0 Å². The predicted molar refractivity (Wildman–Crippen MR) is 48.7 cm³/mol. The molecule has 0 unspecified atom stereocenters. The van der Waals surface area contributed by atoms with Crippen molar-refractivity contribution in [3.63, 3.8) is 0 Å². The molecule has 11 heavy (non-hydrogen) atoms. The molecule has 0 aromatic carbocycles. The second-order valence-electron chi connectivity index (χ2n) is 2.23. The van der Waals surface area contributed by atoms with Crippen molar-refractivity contribution in [2.45, 2.75) is 0 Å². The van der Waals surface area contributed by atoms with Crippen molar-refractivity contribution in [3.05, 3.63) is 36.2 Å². The van der Waals surface area contributed by atoms with Gasteiger partial charge in [-0.05, 0) is 7.05 Å². The van der Waals surface area contributed by atoms with Crippen LogP contribution in [0, 0.1) is 0 Å². The first kappa shape index (κ1) is 9.78. The van der Waals surface area contributed by atoms with Gasteiger partial charge in [-0.1, -0.05) is 19.2 Å². The second kappa shape index (κ2) is 4.57. The maximum atomic E-state index is 5.45. The fraction of sp³-hybridized carbons (Fsp3) is 0.250. The van der Waals surface area contributed by atoms with E-state index in [1.165, 1.54) is 0 Å². The van der Waals surface area contributed by atoms with Gasteiger partial charge in [0.15, 0.2) is 0 Å². The van der Waals surface area contributed by atoms with Crippen LogP contribution in [0.1, 0.15) is 0 Å². The van der Waals surface area contributed by atoms with Crippen molar-refractivity contribution in [2.75, 3.05) is 13.6 Å². The molecule has 62 valence electrons. The van der Waals surface area contributed by atoms with E-state index >= 15 is 0 Å². The van der Waals surface area contributed by atoms with Crippen molar-refractivity contribution in [3.8, 4) is 0 Å². The Bertz CT molecular complexity index is 176. The molecule has 0 amide bonds. The van der Waals surface area contributed by atoms with Gasteiger partial charge in [-0.15, -0.1) is 0 Å². The lowest BCUT2D eigenvalue weighted by molar-refractivity contribution is 0.913. The Hall–Kier alpha value is -1.22. The van der Waals surface area contributed by atoms with E-state index in [1.54, 1.807) is 0 Å². The molecule has 0 aromatic heterocycles. The zero-order valence-electron chi connectivity index (χ0n) is 6.85. The molecule has 0 bridgehead atoms. The first-order valence-corrected chi connectivity index (χ1v) is 3.33. The molecule has 0 aliphatic rings. The SMILES string of the molecule is C=C(N)C(=CCNC)C(=C)N. The van der Waals surface area contributed by atoms with Gasteiger partial charge in [0.1, 0.15) is 0 Å². The molecule has 0 rings (SSSR count). The summed E-state index contributed by atoms with van der Waals surface area (Å²) in [7, 11) is 1.84. The summed E-state index contributed by atoms with van der Waals surface area (Å²) in [4.78, 5) is 0. The van der Waals surface area contributed by atoms with Crippen LogP contribution in [0.5, 0.6) is 0 Å². The molecular formula is C8H15N3. The zero-order valence-corrected chi connectivity index (χ0v) is 6.85. The number of nitrogens with two attached hydrogens (primary N) is 2. The zero-order chi connectivity index (χ0) is 8.85. The van der Waals surface area contributed by atoms with Gasteiger partial charge in [0.05, 0.1) is 0 Å². The Kier molecular flexibility index (Phi) is 4.07. The highest BCUT2D eigenvalue weighted by Gasteiger charge is 1.98. The molecule has 3 heteroatoms. The summed E-state index contributed by atoms with van der Waals surface area (Å²) in [5, 5.41) is 2.94. The number of hydrogen-bond acceptors (Lipinski definition) is 3. The van der Waals surface area contributed by atoms with Gasteiger partial charge in [-0.25, -0.2) is 0 Å².